The van der Waals surface area contributed by atoms with Crippen molar-refractivity contribution in [1.29, 1.82) is 0 Å². The number of methoxy groups -OCH3 is 1. The van der Waals surface area contributed by atoms with Gasteiger partial charge in [0.25, 0.3) is 0 Å². The third-order valence-corrected chi connectivity index (χ3v) is 7.50. The van der Waals surface area contributed by atoms with Crippen molar-refractivity contribution in [2.75, 3.05) is 26.7 Å². The van der Waals surface area contributed by atoms with E-state index in [1.54, 1.807) is 19.2 Å². The van der Waals surface area contributed by atoms with Crippen molar-refractivity contribution in [3.8, 4) is 5.75 Å². The van der Waals surface area contributed by atoms with Crippen LogP contribution in [-0.4, -0.2) is 36.2 Å². The summed E-state index contributed by atoms with van der Waals surface area (Å²) in [5.74, 6) is 1.23. The van der Waals surface area contributed by atoms with Crippen molar-refractivity contribution >= 4 is 10.9 Å². The molecule has 0 amide bonds. The van der Waals surface area contributed by atoms with E-state index in [1.165, 1.54) is 16.8 Å². The molecule has 4 heteroatoms. The molecule has 0 N–H and O–H groups in total. The number of likely N-dealkylation sites (tertiary alicyclic amines) is 1. The monoisotopic (exact) mass is 404 g/mol. The third-order valence-electron chi connectivity index (χ3n) is 7.50. The Labute approximate surface area is 177 Å². The van der Waals surface area contributed by atoms with Gasteiger partial charge in [-0.25, -0.2) is 4.39 Å². The molecule has 0 spiro atoms. The molecular formula is C26H29FN2O. The quantitative estimate of drug-likeness (QED) is 0.577. The number of hydrogen-bond donors (Lipinski definition) is 0. The zero-order valence-electron chi connectivity index (χ0n) is 17.8. The summed E-state index contributed by atoms with van der Waals surface area (Å²) in [4.78, 5) is 2.51. The Bertz CT molecular complexity index is 1120. The molecule has 2 unspecified atom stereocenters. The van der Waals surface area contributed by atoms with Gasteiger partial charge in [0.1, 0.15) is 11.6 Å². The summed E-state index contributed by atoms with van der Waals surface area (Å²) in [5.41, 5.74) is 5.25. The van der Waals surface area contributed by atoms with Crippen molar-refractivity contribution in [2.24, 2.45) is 13.0 Å². The molecule has 2 aliphatic rings. The predicted molar refractivity (Wildman–Crippen MR) is 120 cm³/mol. The number of halogens is 1. The average molecular weight is 405 g/mol. The number of hydrogen-bond acceptors (Lipinski definition) is 2. The summed E-state index contributed by atoms with van der Waals surface area (Å²) in [7, 11) is 3.86. The second-order valence-electron chi connectivity index (χ2n) is 8.91. The Balaban J connectivity index is 1.67. The van der Waals surface area contributed by atoms with Crippen LogP contribution in [0.5, 0.6) is 5.75 Å². The highest BCUT2D eigenvalue weighted by Crippen LogP contribution is 2.50. The molecule has 0 bridgehead atoms. The Hall–Kier alpha value is -2.59. The van der Waals surface area contributed by atoms with Crippen molar-refractivity contribution in [1.82, 2.24) is 9.47 Å². The maximum atomic E-state index is 14.1. The van der Waals surface area contributed by atoms with Gasteiger partial charge in [-0.15, -0.1) is 6.58 Å². The topological polar surface area (TPSA) is 17.4 Å². The van der Waals surface area contributed by atoms with Gasteiger partial charge in [-0.1, -0.05) is 18.2 Å². The molecule has 1 fully saturated rings. The number of benzene rings is 2. The van der Waals surface area contributed by atoms with Gasteiger partial charge in [0.2, 0.25) is 0 Å². The first-order valence-electron chi connectivity index (χ1n) is 10.8. The number of fused-ring (bicyclic) bond motifs is 4. The molecule has 1 saturated heterocycles. The van der Waals surface area contributed by atoms with Crippen LogP contribution in [0.4, 0.5) is 4.39 Å². The van der Waals surface area contributed by atoms with E-state index in [-0.39, 0.29) is 11.2 Å². The second-order valence-corrected chi connectivity index (χ2v) is 8.91. The smallest absolute Gasteiger partial charge is 0.123 e. The van der Waals surface area contributed by atoms with Gasteiger partial charge in [-0.3, -0.25) is 4.90 Å². The van der Waals surface area contributed by atoms with E-state index in [4.69, 9.17) is 4.74 Å². The van der Waals surface area contributed by atoms with E-state index in [1.807, 2.05) is 18.2 Å². The van der Waals surface area contributed by atoms with Crippen LogP contribution in [-0.2, 0) is 25.3 Å². The number of rotatable bonds is 4. The van der Waals surface area contributed by atoms with Gasteiger partial charge in [-0.2, -0.15) is 0 Å². The lowest BCUT2D eigenvalue weighted by Crippen LogP contribution is -2.53. The predicted octanol–water partition coefficient (Wildman–Crippen LogP) is 4.87. The highest BCUT2D eigenvalue weighted by molar-refractivity contribution is 5.86. The van der Waals surface area contributed by atoms with Crippen LogP contribution in [0.3, 0.4) is 0 Å². The zero-order chi connectivity index (χ0) is 20.9. The Morgan fingerprint density at radius 2 is 2.13 bits per heavy atom. The molecule has 3 nitrogen and oxygen atoms in total. The minimum Gasteiger partial charge on any atom is -0.497 e. The van der Waals surface area contributed by atoms with Gasteiger partial charge in [-0.05, 0) is 73.2 Å². The van der Waals surface area contributed by atoms with Crippen LogP contribution in [0.2, 0.25) is 0 Å². The van der Waals surface area contributed by atoms with E-state index in [2.05, 4.69) is 41.3 Å². The second kappa shape index (κ2) is 7.28. The maximum Gasteiger partial charge on any atom is 0.123 e. The van der Waals surface area contributed by atoms with Gasteiger partial charge < -0.3 is 9.30 Å². The Morgan fingerprint density at radius 1 is 1.27 bits per heavy atom. The lowest BCUT2D eigenvalue weighted by Gasteiger charge is -2.51. The van der Waals surface area contributed by atoms with E-state index in [9.17, 15) is 4.39 Å². The first-order chi connectivity index (χ1) is 14.6. The normalized spacial score (nSPS) is 23.8. The number of ether oxygens (including phenoxy) is 1. The summed E-state index contributed by atoms with van der Waals surface area (Å²) in [6, 6.07) is 13.9. The number of aryl methyl sites for hydroxylation is 1. The highest BCUT2D eigenvalue weighted by Gasteiger charge is 2.48. The molecule has 1 aliphatic carbocycles. The van der Waals surface area contributed by atoms with Gasteiger partial charge in [0, 0.05) is 42.1 Å². The first-order valence-corrected chi connectivity index (χ1v) is 10.8. The van der Waals surface area contributed by atoms with Crippen molar-refractivity contribution in [3.63, 3.8) is 0 Å². The van der Waals surface area contributed by atoms with Gasteiger partial charge in [0.15, 0.2) is 0 Å². The molecule has 3 aromatic rings. The fourth-order valence-electron chi connectivity index (χ4n) is 5.94. The summed E-state index contributed by atoms with van der Waals surface area (Å²) in [6.45, 7) is 6.96. The molecule has 2 atom stereocenters. The van der Waals surface area contributed by atoms with Crippen LogP contribution >= 0.6 is 0 Å². The molecular weight excluding hydrogens is 375 g/mol. The van der Waals surface area contributed by atoms with Gasteiger partial charge in [0.05, 0.1) is 7.11 Å². The van der Waals surface area contributed by atoms with Crippen LogP contribution in [0.15, 0.2) is 55.1 Å². The number of aromatic nitrogens is 1. The van der Waals surface area contributed by atoms with E-state index in [0.717, 1.165) is 55.5 Å². The SMILES string of the molecule is C=CCN1CCC2(c3cccc(OC)c3)Cc3c(c4cc(F)ccc4n3C)CC2C1. The highest BCUT2D eigenvalue weighted by atomic mass is 19.1. The van der Waals surface area contributed by atoms with Crippen molar-refractivity contribution in [3.05, 3.63) is 77.8 Å². The molecule has 0 radical (unpaired) electrons. The molecule has 1 aliphatic heterocycles. The van der Waals surface area contributed by atoms with Crippen molar-refractivity contribution in [2.45, 2.75) is 24.7 Å². The number of piperidine rings is 1. The lowest BCUT2D eigenvalue weighted by atomic mass is 9.58. The van der Waals surface area contributed by atoms with Crippen molar-refractivity contribution < 1.29 is 9.13 Å². The Kier molecular flexibility index (Phi) is 4.70. The maximum absolute atomic E-state index is 14.1. The fourth-order valence-corrected chi connectivity index (χ4v) is 5.94. The first kappa shape index (κ1) is 19.4. The molecule has 156 valence electrons. The molecule has 2 aromatic carbocycles. The summed E-state index contributed by atoms with van der Waals surface area (Å²) < 4.78 is 21.9. The van der Waals surface area contributed by atoms with Gasteiger partial charge >= 0.3 is 0 Å². The molecule has 2 heterocycles. The number of nitrogens with zero attached hydrogens (tertiary/aromatic N) is 2. The minimum atomic E-state index is -0.155. The molecule has 0 saturated carbocycles. The van der Waals surface area contributed by atoms with E-state index >= 15 is 0 Å². The summed E-state index contributed by atoms with van der Waals surface area (Å²) >= 11 is 0. The minimum absolute atomic E-state index is 0.0693. The summed E-state index contributed by atoms with van der Waals surface area (Å²) in [5, 5.41) is 1.08. The largest absolute Gasteiger partial charge is 0.497 e. The zero-order valence-corrected chi connectivity index (χ0v) is 17.8. The lowest BCUT2D eigenvalue weighted by molar-refractivity contribution is 0.0888. The van der Waals surface area contributed by atoms with Crippen LogP contribution in [0.1, 0.15) is 23.2 Å². The standard InChI is InChI=1S/C26H29FN2O/c1-4-11-29-12-10-26(18-6-5-7-21(13-18)30-3)16-25-22(14-19(26)17-29)23-15-20(27)8-9-24(23)28(25)2/h4-9,13,15,19H,1,10-12,14,16-17H2,2-3H3. The molecule has 5 rings (SSSR count). The van der Waals surface area contributed by atoms with Crippen LogP contribution in [0.25, 0.3) is 10.9 Å². The Morgan fingerprint density at radius 3 is 2.93 bits per heavy atom. The van der Waals surface area contributed by atoms with Crippen LogP contribution < -0.4 is 4.74 Å². The third kappa shape index (κ3) is 2.89. The van der Waals surface area contributed by atoms with Crippen LogP contribution in [0, 0.1) is 11.7 Å². The molecule has 30 heavy (non-hydrogen) atoms. The summed E-state index contributed by atoms with van der Waals surface area (Å²) in [6.07, 6.45) is 5.06. The van der Waals surface area contributed by atoms with E-state index < -0.39 is 0 Å². The fraction of sp³-hybridized carbons (Fsp3) is 0.385. The average Bonchev–Trinajstić information content (AvgIpc) is 3.03. The van der Waals surface area contributed by atoms with E-state index in [0.29, 0.717) is 5.92 Å². The molecule has 1 aromatic heterocycles.